The smallest absolute Gasteiger partial charge is 0.270 e. The Morgan fingerprint density at radius 3 is 2.42 bits per heavy atom. The lowest BCUT2D eigenvalue weighted by Crippen LogP contribution is -2.23. The zero-order valence-corrected chi connectivity index (χ0v) is 14.0. The van der Waals surface area contributed by atoms with Gasteiger partial charge in [-0.05, 0) is 37.4 Å². The lowest BCUT2D eigenvalue weighted by Gasteiger charge is -2.10. The molecule has 0 spiro atoms. The van der Waals surface area contributed by atoms with Crippen molar-refractivity contribution in [2.45, 2.75) is 13.1 Å². The van der Waals surface area contributed by atoms with Gasteiger partial charge in [0.05, 0.1) is 5.52 Å². The fourth-order valence-electron chi connectivity index (χ4n) is 2.59. The summed E-state index contributed by atoms with van der Waals surface area (Å²) in [6.07, 6.45) is 0. The molecule has 0 aliphatic rings. The first kappa shape index (κ1) is 16.1. The molecule has 0 fully saturated rings. The number of benzene rings is 2. The molecular formula is C20H21N3O. The molecule has 122 valence electrons. The molecule has 3 aromatic rings. The number of nitrogens with zero attached hydrogens (tertiary/aromatic N) is 2. The summed E-state index contributed by atoms with van der Waals surface area (Å²) in [6.45, 7) is 1.41. The molecule has 0 aliphatic heterocycles. The van der Waals surface area contributed by atoms with Gasteiger partial charge in [-0.1, -0.05) is 48.5 Å². The van der Waals surface area contributed by atoms with Gasteiger partial charge in [0.1, 0.15) is 5.69 Å². The molecule has 3 rings (SSSR count). The number of nitrogens with one attached hydrogen (secondary N) is 1. The second-order valence-corrected chi connectivity index (χ2v) is 6.13. The summed E-state index contributed by atoms with van der Waals surface area (Å²) in [5.41, 5.74) is 3.61. The molecule has 0 saturated carbocycles. The molecule has 0 saturated heterocycles. The average Bonchev–Trinajstić information content (AvgIpc) is 2.60. The standard InChI is InChI=1S/C20H21N3O/c1-23(2)14-16-9-7-15(8-10-16)13-21-20(24)19-12-11-17-5-3-4-6-18(17)22-19/h3-12H,13-14H2,1-2H3,(H,21,24). The van der Waals surface area contributed by atoms with Crippen LogP contribution >= 0.6 is 0 Å². The largest absolute Gasteiger partial charge is 0.347 e. The molecule has 1 heterocycles. The van der Waals surface area contributed by atoms with E-state index in [0.717, 1.165) is 23.0 Å². The highest BCUT2D eigenvalue weighted by Crippen LogP contribution is 2.12. The van der Waals surface area contributed by atoms with Gasteiger partial charge in [-0.2, -0.15) is 0 Å². The third-order valence-electron chi connectivity index (χ3n) is 3.81. The minimum Gasteiger partial charge on any atom is -0.347 e. The second-order valence-electron chi connectivity index (χ2n) is 6.13. The number of fused-ring (bicyclic) bond motifs is 1. The third-order valence-corrected chi connectivity index (χ3v) is 3.81. The molecule has 1 amide bonds. The number of aromatic nitrogens is 1. The maximum atomic E-state index is 12.3. The van der Waals surface area contributed by atoms with Gasteiger partial charge in [-0.25, -0.2) is 4.98 Å². The van der Waals surface area contributed by atoms with Gasteiger partial charge in [-0.3, -0.25) is 4.79 Å². The minimum absolute atomic E-state index is 0.155. The first-order chi connectivity index (χ1) is 11.6. The van der Waals surface area contributed by atoms with E-state index in [4.69, 9.17) is 0 Å². The fraction of sp³-hybridized carbons (Fsp3) is 0.200. The molecule has 0 bridgehead atoms. The highest BCUT2D eigenvalue weighted by atomic mass is 16.1. The molecular weight excluding hydrogens is 298 g/mol. The highest BCUT2D eigenvalue weighted by molar-refractivity contribution is 5.94. The Kier molecular flexibility index (Phi) is 4.87. The first-order valence-corrected chi connectivity index (χ1v) is 7.98. The van der Waals surface area contributed by atoms with Gasteiger partial charge in [0, 0.05) is 18.5 Å². The van der Waals surface area contributed by atoms with Crippen LogP contribution < -0.4 is 5.32 Å². The Hall–Kier alpha value is -2.72. The van der Waals surface area contributed by atoms with Gasteiger partial charge in [0.25, 0.3) is 5.91 Å². The molecule has 4 nitrogen and oxygen atoms in total. The first-order valence-electron chi connectivity index (χ1n) is 7.98. The van der Waals surface area contributed by atoms with E-state index in [-0.39, 0.29) is 5.91 Å². The summed E-state index contributed by atoms with van der Waals surface area (Å²) < 4.78 is 0. The van der Waals surface area contributed by atoms with E-state index < -0.39 is 0 Å². The molecule has 4 heteroatoms. The molecule has 1 aromatic heterocycles. The van der Waals surface area contributed by atoms with Gasteiger partial charge >= 0.3 is 0 Å². The van der Waals surface area contributed by atoms with Crippen molar-refractivity contribution in [2.24, 2.45) is 0 Å². The summed E-state index contributed by atoms with van der Waals surface area (Å²) in [5, 5.41) is 3.96. The van der Waals surface area contributed by atoms with Gasteiger partial charge in [0.15, 0.2) is 0 Å². The predicted octanol–water partition coefficient (Wildman–Crippen LogP) is 3.23. The molecule has 2 aromatic carbocycles. The maximum Gasteiger partial charge on any atom is 0.270 e. The third kappa shape index (κ3) is 3.97. The highest BCUT2D eigenvalue weighted by Gasteiger charge is 2.08. The van der Waals surface area contributed by atoms with Crippen LogP contribution in [0.4, 0.5) is 0 Å². The van der Waals surface area contributed by atoms with Crippen LogP contribution in [-0.4, -0.2) is 29.9 Å². The summed E-state index contributed by atoms with van der Waals surface area (Å²) in [6, 6.07) is 19.8. The summed E-state index contributed by atoms with van der Waals surface area (Å²) in [4.78, 5) is 18.8. The molecule has 0 radical (unpaired) electrons. The Labute approximate surface area is 142 Å². The minimum atomic E-state index is -0.155. The van der Waals surface area contributed by atoms with Crippen molar-refractivity contribution in [2.75, 3.05) is 14.1 Å². The SMILES string of the molecule is CN(C)Cc1ccc(CNC(=O)c2ccc3ccccc3n2)cc1. The summed E-state index contributed by atoms with van der Waals surface area (Å²) >= 11 is 0. The van der Waals surface area contributed by atoms with Crippen LogP contribution in [0.1, 0.15) is 21.6 Å². The quantitative estimate of drug-likeness (QED) is 0.785. The Morgan fingerprint density at radius 1 is 0.958 bits per heavy atom. The molecule has 1 N–H and O–H groups in total. The van der Waals surface area contributed by atoms with Crippen LogP contribution in [-0.2, 0) is 13.1 Å². The van der Waals surface area contributed by atoms with Gasteiger partial charge < -0.3 is 10.2 Å². The van der Waals surface area contributed by atoms with Crippen LogP contribution in [0.25, 0.3) is 10.9 Å². The van der Waals surface area contributed by atoms with Gasteiger partial charge in [-0.15, -0.1) is 0 Å². The lowest BCUT2D eigenvalue weighted by molar-refractivity contribution is 0.0946. The van der Waals surface area contributed by atoms with Crippen LogP contribution in [0.15, 0.2) is 60.7 Å². The number of hydrogen-bond acceptors (Lipinski definition) is 3. The number of carbonyl (C=O) groups excluding carboxylic acids is 1. The second kappa shape index (κ2) is 7.23. The molecule has 0 atom stereocenters. The van der Waals surface area contributed by atoms with E-state index in [9.17, 15) is 4.79 Å². The Morgan fingerprint density at radius 2 is 1.67 bits per heavy atom. The Balaban J connectivity index is 1.63. The number of rotatable bonds is 5. The topological polar surface area (TPSA) is 45.2 Å². The van der Waals surface area contributed by atoms with E-state index in [2.05, 4.69) is 27.3 Å². The molecule has 0 aliphatic carbocycles. The van der Waals surface area contributed by atoms with E-state index >= 15 is 0 Å². The monoisotopic (exact) mass is 319 g/mol. The van der Waals surface area contributed by atoms with Crippen LogP contribution in [0.5, 0.6) is 0 Å². The van der Waals surface area contributed by atoms with Crippen LogP contribution in [0.2, 0.25) is 0 Å². The summed E-state index contributed by atoms with van der Waals surface area (Å²) in [7, 11) is 4.09. The van der Waals surface area contributed by atoms with Gasteiger partial charge in [0.2, 0.25) is 0 Å². The Bertz CT molecular complexity index is 841. The van der Waals surface area contributed by atoms with Crippen molar-refractivity contribution in [1.82, 2.24) is 15.2 Å². The van der Waals surface area contributed by atoms with E-state index in [1.807, 2.05) is 56.6 Å². The zero-order chi connectivity index (χ0) is 16.9. The van der Waals surface area contributed by atoms with Crippen molar-refractivity contribution in [3.8, 4) is 0 Å². The van der Waals surface area contributed by atoms with Crippen molar-refractivity contribution >= 4 is 16.8 Å². The predicted molar refractivity (Wildman–Crippen MR) is 96.7 cm³/mol. The molecule has 24 heavy (non-hydrogen) atoms. The van der Waals surface area contributed by atoms with Crippen molar-refractivity contribution in [3.63, 3.8) is 0 Å². The normalized spacial score (nSPS) is 11.0. The number of carbonyl (C=O) groups is 1. The number of pyridine rings is 1. The maximum absolute atomic E-state index is 12.3. The van der Waals surface area contributed by atoms with Crippen LogP contribution in [0.3, 0.4) is 0 Å². The van der Waals surface area contributed by atoms with E-state index in [1.54, 1.807) is 6.07 Å². The van der Waals surface area contributed by atoms with E-state index in [0.29, 0.717) is 12.2 Å². The zero-order valence-electron chi connectivity index (χ0n) is 14.0. The van der Waals surface area contributed by atoms with Crippen molar-refractivity contribution < 1.29 is 4.79 Å². The van der Waals surface area contributed by atoms with Crippen molar-refractivity contribution in [1.29, 1.82) is 0 Å². The lowest BCUT2D eigenvalue weighted by atomic mass is 10.1. The van der Waals surface area contributed by atoms with Crippen LogP contribution in [0, 0.1) is 0 Å². The number of para-hydroxylation sites is 1. The van der Waals surface area contributed by atoms with E-state index in [1.165, 1.54) is 5.56 Å². The average molecular weight is 319 g/mol. The molecule has 0 unspecified atom stereocenters. The number of hydrogen-bond donors (Lipinski definition) is 1. The van der Waals surface area contributed by atoms with Crippen molar-refractivity contribution in [3.05, 3.63) is 77.5 Å². The summed E-state index contributed by atoms with van der Waals surface area (Å²) in [5.74, 6) is -0.155. The number of amides is 1. The fourth-order valence-corrected chi connectivity index (χ4v) is 2.59.